The number of hydrogen-bond donors (Lipinski definition) is 1. The third-order valence-electron chi connectivity index (χ3n) is 6.41. The van der Waals surface area contributed by atoms with Crippen LogP contribution < -0.4 is 10.5 Å². The van der Waals surface area contributed by atoms with Crippen LogP contribution in [0, 0.1) is 0 Å². The van der Waals surface area contributed by atoms with Crippen molar-refractivity contribution in [3.8, 4) is 5.75 Å². The Morgan fingerprint density at radius 1 is 0.886 bits per heavy atom. The van der Waals surface area contributed by atoms with Crippen molar-refractivity contribution in [2.45, 2.75) is 37.6 Å². The molecule has 0 bridgehead atoms. The van der Waals surface area contributed by atoms with E-state index in [2.05, 4.69) is 0 Å². The Kier molecular flexibility index (Phi) is 7.60. The van der Waals surface area contributed by atoms with E-state index in [-0.39, 0.29) is 17.6 Å². The lowest BCUT2D eigenvalue weighted by molar-refractivity contribution is -0.130. The number of carbonyl (C=O) groups is 2. The first-order valence-corrected chi connectivity index (χ1v) is 12.0. The first-order valence-electron chi connectivity index (χ1n) is 12.0. The minimum atomic E-state index is -1.17. The third-order valence-corrected chi connectivity index (χ3v) is 6.41. The molecular weight excluding hydrogens is 438 g/mol. The maximum atomic E-state index is 13.7. The summed E-state index contributed by atoms with van der Waals surface area (Å²) >= 11 is 0. The second-order valence-electron chi connectivity index (χ2n) is 8.71. The highest BCUT2D eigenvalue weighted by Crippen LogP contribution is 2.39. The summed E-state index contributed by atoms with van der Waals surface area (Å²) in [6, 6.07) is 26.7. The van der Waals surface area contributed by atoms with Crippen molar-refractivity contribution in [1.82, 2.24) is 4.90 Å². The maximum absolute atomic E-state index is 13.7. The van der Waals surface area contributed by atoms with E-state index < -0.39 is 5.54 Å². The fourth-order valence-corrected chi connectivity index (χ4v) is 4.62. The van der Waals surface area contributed by atoms with E-state index in [1.807, 2.05) is 84.9 Å². The second-order valence-corrected chi connectivity index (χ2v) is 8.71. The highest BCUT2D eigenvalue weighted by molar-refractivity contribution is 6.09. The summed E-state index contributed by atoms with van der Waals surface area (Å²) in [5.74, 6) is 1.01. The Balaban J connectivity index is 1.36. The van der Waals surface area contributed by atoms with Crippen LogP contribution in [0.1, 0.15) is 42.4 Å². The zero-order chi connectivity index (χ0) is 24.7. The lowest BCUT2D eigenvalue weighted by Crippen LogP contribution is -2.44. The molecule has 0 aliphatic carbocycles. The Morgan fingerprint density at radius 2 is 1.49 bits per heavy atom. The molecular formula is C29H31N3O3. The van der Waals surface area contributed by atoms with Gasteiger partial charge in [-0.1, -0.05) is 85.3 Å². The topological polar surface area (TPSA) is 85.0 Å². The first kappa shape index (κ1) is 24.2. The number of ether oxygens (including phenoxy) is 1. The molecule has 0 saturated heterocycles. The summed E-state index contributed by atoms with van der Waals surface area (Å²) in [4.78, 5) is 32.5. The molecule has 0 fully saturated rings. The molecule has 1 aliphatic heterocycles. The highest BCUT2D eigenvalue weighted by Gasteiger charge is 2.50. The second kappa shape index (κ2) is 11.0. The van der Waals surface area contributed by atoms with Gasteiger partial charge in [0.2, 0.25) is 0 Å². The van der Waals surface area contributed by atoms with Crippen LogP contribution in [0.2, 0.25) is 0 Å². The quantitative estimate of drug-likeness (QED) is 0.420. The van der Waals surface area contributed by atoms with Crippen molar-refractivity contribution in [2.24, 2.45) is 10.7 Å². The molecule has 1 amide bonds. The van der Waals surface area contributed by atoms with Gasteiger partial charge in [-0.25, -0.2) is 4.99 Å². The largest absolute Gasteiger partial charge is 0.496 e. The molecule has 1 aliphatic rings. The van der Waals surface area contributed by atoms with Crippen molar-refractivity contribution in [2.75, 3.05) is 13.7 Å². The Labute approximate surface area is 206 Å². The van der Waals surface area contributed by atoms with Gasteiger partial charge in [-0.05, 0) is 30.0 Å². The molecule has 3 aromatic carbocycles. The summed E-state index contributed by atoms with van der Waals surface area (Å²) in [6.07, 6.45) is 3.18. The normalized spacial score (nSPS) is 14.6. The average Bonchev–Trinajstić information content (AvgIpc) is 3.15. The van der Waals surface area contributed by atoms with Gasteiger partial charge in [0.25, 0.3) is 5.91 Å². The molecule has 0 radical (unpaired) electrons. The number of hydrogen-bond acceptors (Lipinski definition) is 5. The summed E-state index contributed by atoms with van der Waals surface area (Å²) in [6.45, 7) is 0.469. The van der Waals surface area contributed by atoms with E-state index in [1.54, 1.807) is 12.0 Å². The monoisotopic (exact) mass is 469 g/mol. The fraction of sp³-hybridized carbons (Fsp3) is 0.276. The van der Waals surface area contributed by atoms with Gasteiger partial charge in [0, 0.05) is 24.9 Å². The van der Waals surface area contributed by atoms with E-state index in [0.29, 0.717) is 19.4 Å². The molecule has 0 aromatic heterocycles. The molecule has 180 valence electrons. The van der Waals surface area contributed by atoms with Crippen LogP contribution in [0.15, 0.2) is 89.9 Å². The number of ketones is 1. The molecule has 4 rings (SSSR count). The smallest absolute Gasteiger partial charge is 0.266 e. The molecule has 0 spiro atoms. The van der Waals surface area contributed by atoms with Crippen molar-refractivity contribution < 1.29 is 14.3 Å². The lowest BCUT2D eigenvalue weighted by Gasteiger charge is -2.27. The van der Waals surface area contributed by atoms with E-state index in [9.17, 15) is 9.59 Å². The number of aliphatic imine (C=N–C) groups is 1. The molecule has 6 heteroatoms. The van der Waals surface area contributed by atoms with Gasteiger partial charge in [0.1, 0.15) is 11.5 Å². The first-order chi connectivity index (χ1) is 17.1. The molecule has 3 aromatic rings. The summed E-state index contributed by atoms with van der Waals surface area (Å²) < 4.78 is 5.33. The van der Waals surface area contributed by atoms with Gasteiger partial charge in [0.05, 0.1) is 7.11 Å². The number of benzene rings is 3. The number of unbranched alkanes of at least 4 members (excludes halogenated alkanes) is 2. The molecule has 2 N–H and O–H groups in total. The van der Waals surface area contributed by atoms with Crippen LogP contribution >= 0.6 is 0 Å². The third kappa shape index (κ3) is 5.11. The number of nitrogens with two attached hydrogens (primary N) is 1. The van der Waals surface area contributed by atoms with Gasteiger partial charge in [-0.3, -0.25) is 14.5 Å². The van der Waals surface area contributed by atoms with Gasteiger partial charge in [0.15, 0.2) is 11.5 Å². The number of nitrogens with zero attached hydrogens (tertiary/aromatic N) is 2. The summed E-state index contributed by atoms with van der Waals surface area (Å²) in [5, 5.41) is 0. The number of methoxy groups -OCH3 is 1. The van der Waals surface area contributed by atoms with E-state index in [0.717, 1.165) is 41.7 Å². The van der Waals surface area contributed by atoms with Crippen LogP contribution in [0.4, 0.5) is 0 Å². The van der Waals surface area contributed by atoms with Crippen LogP contribution in [-0.4, -0.2) is 36.2 Å². The van der Waals surface area contributed by atoms with Crippen LogP contribution in [-0.2, 0) is 21.5 Å². The molecule has 6 nitrogen and oxygen atoms in total. The van der Waals surface area contributed by atoms with Crippen LogP contribution in [0.25, 0.3) is 0 Å². The number of carbonyl (C=O) groups excluding carboxylic acids is 2. The van der Waals surface area contributed by atoms with Crippen molar-refractivity contribution in [3.63, 3.8) is 0 Å². The molecule has 0 saturated carbocycles. The van der Waals surface area contributed by atoms with Gasteiger partial charge < -0.3 is 10.5 Å². The average molecular weight is 470 g/mol. The summed E-state index contributed by atoms with van der Waals surface area (Å²) in [5.41, 5.74) is 7.61. The SMILES string of the molecule is COc1ccccc1CC(=O)CCCCCN1C(=O)C(c2ccccc2)(c2ccccc2)N=C1N. The highest BCUT2D eigenvalue weighted by atomic mass is 16.5. The van der Waals surface area contributed by atoms with Gasteiger partial charge in [-0.2, -0.15) is 0 Å². The van der Waals surface area contributed by atoms with Crippen LogP contribution in [0.5, 0.6) is 5.75 Å². The van der Waals surface area contributed by atoms with Crippen LogP contribution in [0.3, 0.4) is 0 Å². The molecule has 0 atom stereocenters. The Hall–Kier alpha value is -3.93. The predicted molar refractivity (Wildman–Crippen MR) is 137 cm³/mol. The minimum Gasteiger partial charge on any atom is -0.496 e. The summed E-state index contributed by atoms with van der Waals surface area (Å²) in [7, 11) is 1.61. The minimum absolute atomic E-state index is 0.139. The Morgan fingerprint density at radius 3 is 2.11 bits per heavy atom. The standard InChI is InChI=1S/C29H31N3O3/c1-35-26-19-11-10-13-22(26)21-25(33)18-9-4-12-20-32-27(34)29(31-28(32)30,23-14-5-2-6-15-23)24-16-7-3-8-17-24/h2-3,5-8,10-11,13-17,19H,4,9,12,18,20-21H2,1H3,(H2,30,31). The zero-order valence-corrected chi connectivity index (χ0v) is 20.0. The number of rotatable bonds is 11. The Bertz CT molecular complexity index is 1150. The fourth-order valence-electron chi connectivity index (χ4n) is 4.62. The zero-order valence-electron chi connectivity index (χ0n) is 20.0. The molecule has 0 unspecified atom stereocenters. The lowest BCUT2D eigenvalue weighted by atomic mass is 9.83. The van der Waals surface area contributed by atoms with Crippen molar-refractivity contribution in [3.05, 3.63) is 102 Å². The molecule has 1 heterocycles. The molecule has 35 heavy (non-hydrogen) atoms. The van der Waals surface area contributed by atoms with E-state index in [1.165, 1.54) is 0 Å². The van der Waals surface area contributed by atoms with E-state index >= 15 is 0 Å². The van der Waals surface area contributed by atoms with Crippen molar-refractivity contribution >= 4 is 17.6 Å². The number of guanidine groups is 1. The van der Waals surface area contributed by atoms with Crippen molar-refractivity contribution in [1.29, 1.82) is 0 Å². The maximum Gasteiger partial charge on any atom is 0.266 e. The van der Waals surface area contributed by atoms with E-state index in [4.69, 9.17) is 15.5 Å². The number of para-hydroxylation sites is 1. The number of Topliss-reactive ketones (excluding diaryl/α,β-unsaturated/α-hetero) is 1. The van der Waals surface area contributed by atoms with Gasteiger partial charge in [-0.15, -0.1) is 0 Å². The predicted octanol–water partition coefficient (Wildman–Crippen LogP) is 4.47. The van der Waals surface area contributed by atoms with Gasteiger partial charge >= 0.3 is 0 Å². The number of amides is 1.